The van der Waals surface area contributed by atoms with E-state index in [9.17, 15) is 9.59 Å². The van der Waals surface area contributed by atoms with Gasteiger partial charge < -0.3 is 14.6 Å². The first-order valence-electron chi connectivity index (χ1n) is 4.60. The van der Waals surface area contributed by atoms with Gasteiger partial charge in [0.15, 0.2) is 5.60 Å². The van der Waals surface area contributed by atoms with Crippen LogP contribution in [0.3, 0.4) is 0 Å². The largest absolute Gasteiger partial charge is 0.464 e. The molecule has 0 spiro atoms. The second kappa shape index (κ2) is 4.44. The van der Waals surface area contributed by atoms with Gasteiger partial charge in [-0.1, -0.05) is 5.57 Å². The molecular weight excluding hydrogens is 200 g/mol. The quantitative estimate of drug-likeness (QED) is 0.410. The normalized spacial score (nSPS) is 25.0. The SMILES string of the molecule is CC(C)=C1CC(CO)(COC=O)OC1=O. The third-order valence-electron chi connectivity index (χ3n) is 2.36. The Hall–Kier alpha value is -1.36. The molecule has 1 fully saturated rings. The van der Waals surface area contributed by atoms with Crippen molar-refractivity contribution in [2.75, 3.05) is 13.2 Å². The highest BCUT2D eigenvalue weighted by Crippen LogP contribution is 2.32. The van der Waals surface area contributed by atoms with Gasteiger partial charge in [-0.15, -0.1) is 0 Å². The van der Waals surface area contributed by atoms with Crippen LogP contribution in [-0.2, 0) is 19.1 Å². The van der Waals surface area contributed by atoms with Gasteiger partial charge in [0.05, 0.1) is 6.61 Å². The minimum absolute atomic E-state index is 0.116. The number of esters is 1. The van der Waals surface area contributed by atoms with Crippen LogP contribution in [0.25, 0.3) is 0 Å². The smallest absolute Gasteiger partial charge is 0.334 e. The molecule has 1 aliphatic rings. The van der Waals surface area contributed by atoms with Gasteiger partial charge in [-0.3, -0.25) is 4.79 Å². The molecule has 1 saturated heterocycles. The Morgan fingerprint density at radius 2 is 2.33 bits per heavy atom. The molecule has 1 atom stereocenters. The fraction of sp³-hybridized carbons (Fsp3) is 0.600. The summed E-state index contributed by atoms with van der Waals surface area (Å²) in [5, 5.41) is 9.16. The van der Waals surface area contributed by atoms with Crippen LogP contribution >= 0.6 is 0 Å². The van der Waals surface area contributed by atoms with Crippen LogP contribution in [0.1, 0.15) is 20.3 Å². The maximum absolute atomic E-state index is 11.4. The number of hydrogen-bond donors (Lipinski definition) is 1. The molecule has 1 unspecified atom stereocenters. The molecule has 0 aromatic heterocycles. The molecule has 0 amide bonds. The van der Waals surface area contributed by atoms with Crippen molar-refractivity contribution in [3.8, 4) is 0 Å². The Balaban J connectivity index is 2.84. The summed E-state index contributed by atoms with van der Waals surface area (Å²) in [6.45, 7) is 3.39. The van der Waals surface area contributed by atoms with E-state index in [0.29, 0.717) is 5.57 Å². The zero-order valence-electron chi connectivity index (χ0n) is 8.78. The molecule has 0 radical (unpaired) electrons. The molecule has 1 rings (SSSR count). The van der Waals surface area contributed by atoms with Crippen LogP contribution < -0.4 is 0 Å². The van der Waals surface area contributed by atoms with E-state index in [-0.39, 0.29) is 26.1 Å². The van der Waals surface area contributed by atoms with Crippen LogP contribution in [-0.4, -0.2) is 36.4 Å². The monoisotopic (exact) mass is 214 g/mol. The first-order chi connectivity index (χ1) is 7.04. The molecule has 1 N–H and O–H groups in total. The summed E-state index contributed by atoms with van der Waals surface area (Å²) in [5.41, 5.74) is 0.296. The van der Waals surface area contributed by atoms with Gasteiger partial charge in [0.1, 0.15) is 6.61 Å². The van der Waals surface area contributed by atoms with E-state index in [1.54, 1.807) is 13.8 Å². The van der Waals surface area contributed by atoms with Gasteiger partial charge in [0.2, 0.25) is 0 Å². The summed E-state index contributed by atoms with van der Waals surface area (Å²) in [5.74, 6) is -0.446. The number of rotatable bonds is 4. The van der Waals surface area contributed by atoms with E-state index in [0.717, 1.165) is 5.57 Å². The molecule has 0 aromatic rings. The van der Waals surface area contributed by atoms with E-state index >= 15 is 0 Å². The fourth-order valence-electron chi connectivity index (χ4n) is 1.47. The second-order valence-corrected chi connectivity index (χ2v) is 3.79. The van der Waals surface area contributed by atoms with Crippen molar-refractivity contribution >= 4 is 12.4 Å². The van der Waals surface area contributed by atoms with Crippen LogP contribution in [0.15, 0.2) is 11.1 Å². The number of aliphatic hydroxyl groups is 1. The summed E-state index contributed by atoms with van der Waals surface area (Å²) in [6.07, 6.45) is 0.276. The lowest BCUT2D eigenvalue weighted by Crippen LogP contribution is -2.38. The van der Waals surface area contributed by atoms with Crippen LogP contribution in [0.5, 0.6) is 0 Å². The lowest BCUT2D eigenvalue weighted by molar-refractivity contribution is -0.160. The number of carbonyl (C=O) groups is 2. The number of allylic oxidation sites excluding steroid dienone is 1. The third-order valence-corrected chi connectivity index (χ3v) is 2.36. The summed E-state index contributed by atoms with van der Waals surface area (Å²) in [6, 6.07) is 0. The van der Waals surface area contributed by atoms with E-state index in [4.69, 9.17) is 9.84 Å². The topological polar surface area (TPSA) is 72.8 Å². The van der Waals surface area contributed by atoms with Crippen LogP contribution in [0.4, 0.5) is 0 Å². The lowest BCUT2D eigenvalue weighted by atomic mass is 9.97. The minimum atomic E-state index is -1.09. The zero-order chi connectivity index (χ0) is 11.5. The van der Waals surface area contributed by atoms with Gasteiger partial charge in [0, 0.05) is 12.0 Å². The molecule has 1 heterocycles. The average Bonchev–Trinajstić information content (AvgIpc) is 2.54. The van der Waals surface area contributed by atoms with Crippen molar-refractivity contribution in [2.24, 2.45) is 0 Å². The van der Waals surface area contributed by atoms with Crippen LogP contribution in [0.2, 0.25) is 0 Å². The zero-order valence-corrected chi connectivity index (χ0v) is 8.78. The minimum Gasteiger partial charge on any atom is -0.464 e. The van der Waals surface area contributed by atoms with Crippen molar-refractivity contribution < 1.29 is 24.2 Å². The van der Waals surface area contributed by atoms with Crippen LogP contribution in [0, 0.1) is 0 Å². The standard InChI is InChI=1S/C10H14O5/c1-7(2)8-3-10(4-11,5-14-6-12)15-9(8)13/h6,11H,3-5H2,1-2H3. The molecular formula is C10H14O5. The summed E-state index contributed by atoms with van der Waals surface area (Å²) in [4.78, 5) is 21.5. The number of aliphatic hydroxyl groups excluding tert-OH is 1. The van der Waals surface area contributed by atoms with Crippen molar-refractivity contribution in [3.05, 3.63) is 11.1 Å². The van der Waals surface area contributed by atoms with Crippen molar-refractivity contribution in [3.63, 3.8) is 0 Å². The van der Waals surface area contributed by atoms with Gasteiger partial charge in [-0.25, -0.2) is 4.79 Å². The molecule has 15 heavy (non-hydrogen) atoms. The van der Waals surface area contributed by atoms with E-state index < -0.39 is 11.6 Å². The summed E-state index contributed by atoms with van der Waals surface area (Å²) in [7, 11) is 0. The average molecular weight is 214 g/mol. The fourth-order valence-corrected chi connectivity index (χ4v) is 1.47. The number of cyclic esters (lactones) is 1. The molecule has 84 valence electrons. The molecule has 1 aliphatic heterocycles. The first-order valence-corrected chi connectivity index (χ1v) is 4.60. The van der Waals surface area contributed by atoms with Gasteiger partial charge in [-0.2, -0.15) is 0 Å². The molecule has 0 saturated carbocycles. The Bertz CT molecular complexity index is 303. The molecule has 0 aromatic carbocycles. The molecule has 0 bridgehead atoms. The number of hydrogen-bond acceptors (Lipinski definition) is 5. The van der Waals surface area contributed by atoms with Gasteiger partial charge in [0.25, 0.3) is 6.47 Å². The van der Waals surface area contributed by atoms with Crippen molar-refractivity contribution in [1.82, 2.24) is 0 Å². The van der Waals surface area contributed by atoms with Crippen molar-refractivity contribution in [2.45, 2.75) is 25.9 Å². The Morgan fingerprint density at radius 3 is 2.73 bits per heavy atom. The van der Waals surface area contributed by atoms with E-state index in [2.05, 4.69) is 4.74 Å². The summed E-state index contributed by atoms with van der Waals surface area (Å²) >= 11 is 0. The Labute approximate surface area is 87.7 Å². The molecule has 5 nitrogen and oxygen atoms in total. The Morgan fingerprint density at radius 1 is 1.67 bits per heavy atom. The predicted octanol–water partition coefficient (Wildman–Crippen LogP) is 0.174. The third kappa shape index (κ3) is 2.36. The Kier molecular flexibility index (Phi) is 3.47. The van der Waals surface area contributed by atoms with Gasteiger partial charge in [-0.05, 0) is 13.8 Å². The second-order valence-electron chi connectivity index (χ2n) is 3.79. The highest BCUT2D eigenvalue weighted by molar-refractivity contribution is 5.92. The molecule has 5 heteroatoms. The van der Waals surface area contributed by atoms with Crippen molar-refractivity contribution in [1.29, 1.82) is 0 Å². The summed E-state index contributed by atoms with van der Waals surface area (Å²) < 4.78 is 9.59. The number of carbonyl (C=O) groups excluding carboxylic acids is 2. The first kappa shape index (κ1) is 11.7. The maximum atomic E-state index is 11.4. The number of ether oxygens (including phenoxy) is 2. The highest BCUT2D eigenvalue weighted by Gasteiger charge is 2.44. The highest BCUT2D eigenvalue weighted by atomic mass is 16.6. The van der Waals surface area contributed by atoms with E-state index in [1.807, 2.05) is 0 Å². The molecule has 0 aliphatic carbocycles. The maximum Gasteiger partial charge on any atom is 0.334 e. The lowest BCUT2D eigenvalue weighted by Gasteiger charge is -2.22. The van der Waals surface area contributed by atoms with E-state index in [1.165, 1.54) is 0 Å². The predicted molar refractivity (Wildman–Crippen MR) is 50.9 cm³/mol. The van der Waals surface area contributed by atoms with Gasteiger partial charge >= 0.3 is 5.97 Å².